The number of fused-ring (bicyclic) bond motifs is 3. The van der Waals surface area contributed by atoms with Crippen LogP contribution in [0.15, 0.2) is 60.3 Å². The second kappa shape index (κ2) is 13.2. The molecule has 37 heavy (non-hydrogen) atoms. The smallest absolute Gasteiger partial charge is 0.243 e. The van der Waals surface area contributed by atoms with Gasteiger partial charge in [0.05, 0.1) is 49.3 Å². The van der Waals surface area contributed by atoms with Crippen molar-refractivity contribution >= 4 is 5.91 Å². The number of hydrogen-bond donors (Lipinski definition) is 3. The molecular weight excluding hydrogens is 470 g/mol. The number of hydrogen-bond acceptors (Lipinski definition) is 6. The van der Waals surface area contributed by atoms with Gasteiger partial charge in [0.15, 0.2) is 0 Å². The summed E-state index contributed by atoms with van der Waals surface area (Å²) in [4.78, 5) is 12.8. The van der Waals surface area contributed by atoms with Gasteiger partial charge in [-0.05, 0) is 63.9 Å². The highest BCUT2D eigenvalue weighted by molar-refractivity contribution is 5.87. The molecule has 9 unspecified atom stereocenters. The van der Waals surface area contributed by atoms with E-state index >= 15 is 0 Å². The lowest BCUT2D eigenvalue weighted by Crippen LogP contribution is -2.43. The number of carbonyl (C=O) groups is 1. The van der Waals surface area contributed by atoms with Gasteiger partial charge in [-0.3, -0.25) is 4.79 Å². The molecule has 3 N–H and O–H groups in total. The molecule has 0 saturated carbocycles. The zero-order valence-corrected chi connectivity index (χ0v) is 22.1. The summed E-state index contributed by atoms with van der Waals surface area (Å²) in [7, 11) is 0. The molecule has 1 amide bonds. The molecule has 4 heterocycles. The van der Waals surface area contributed by atoms with Crippen LogP contribution in [0.5, 0.6) is 0 Å². The molecule has 9 atom stereocenters. The van der Waals surface area contributed by atoms with Crippen molar-refractivity contribution in [3.63, 3.8) is 0 Å². The normalized spacial score (nSPS) is 39.6. The predicted molar refractivity (Wildman–Crippen MR) is 143 cm³/mol. The zero-order valence-electron chi connectivity index (χ0n) is 22.1. The molecule has 1 saturated heterocycles. The third-order valence-corrected chi connectivity index (χ3v) is 7.57. The van der Waals surface area contributed by atoms with Gasteiger partial charge in [0, 0.05) is 0 Å². The van der Waals surface area contributed by atoms with E-state index in [1.807, 2.05) is 12.2 Å². The maximum Gasteiger partial charge on any atom is 0.243 e. The van der Waals surface area contributed by atoms with Gasteiger partial charge in [0.1, 0.15) is 6.10 Å². The van der Waals surface area contributed by atoms with E-state index in [1.54, 1.807) is 6.08 Å². The van der Waals surface area contributed by atoms with Gasteiger partial charge in [-0.2, -0.15) is 0 Å². The zero-order chi connectivity index (χ0) is 26.4. The highest BCUT2D eigenvalue weighted by Crippen LogP contribution is 2.34. The number of aliphatic hydroxyl groups is 2. The predicted octanol–water partition coefficient (Wildman–Crippen LogP) is 3.68. The van der Waals surface area contributed by atoms with Gasteiger partial charge in [-0.1, -0.05) is 61.1 Å². The van der Waals surface area contributed by atoms with Crippen LogP contribution in [0, 0.1) is 5.92 Å². The second-order valence-corrected chi connectivity index (χ2v) is 11.2. The Morgan fingerprint density at radius 2 is 2.00 bits per heavy atom. The van der Waals surface area contributed by atoms with Gasteiger partial charge in [-0.25, -0.2) is 0 Å². The lowest BCUT2D eigenvalue weighted by molar-refractivity contribution is -0.117. The van der Waals surface area contributed by atoms with Crippen LogP contribution in [0.25, 0.3) is 0 Å². The first-order valence-corrected chi connectivity index (χ1v) is 13.7. The van der Waals surface area contributed by atoms with Gasteiger partial charge in [-0.15, -0.1) is 0 Å². The minimum atomic E-state index is -0.916. The Morgan fingerprint density at radius 3 is 2.81 bits per heavy atom. The van der Waals surface area contributed by atoms with Crippen LogP contribution in [0.2, 0.25) is 0 Å². The molecule has 4 rings (SSSR count). The number of ether oxygens (including phenoxy) is 3. The summed E-state index contributed by atoms with van der Waals surface area (Å²) in [6.45, 7) is 9.03. The van der Waals surface area contributed by atoms with Crippen LogP contribution < -0.4 is 5.32 Å². The van der Waals surface area contributed by atoms with Crippen LogP contribution >= 0.6 is 0 Å². The van der Waals surface area contributed by atoms with Crippen molar-refractivity contribution in [1.82, 2.24) is 5.32 Å². The van der Waals surface area contributed by atoms with E-state index in [9.17, 15) is 15.0 Å². The van der Waals surface area contributed by atoms with Gasteiger partial charge in [0.25, 0.3) is 0 Å². The Labute approximate surface area is 220 Å². The van der Waals surface area contributed by atoms with Crippen molar-refractivity contribution in [2.24, 2.45) is 5.92 Å². The fourth-order valence-electron chi connectivity index (χ4n) is 5.56. The average Bonchev–Trinajstić information content (AvgIpc) is 3.61. The topological polar surface area (TPSA) is 101 Å². The maximum absolute atomic E-state index is 12.8. The largest absolute Gasteiger partial charge is 0.390 e. The van der Waals surface area contributed by atoms with Crippen molar-refractivity contribution in [3.8, 4) is 0 Å². The number of epoxide rings is 1. The molecule has 1 fully saturated rings. The molecular formula is C30H43NO6. The monoisotopic (exact) mass is 513 g/mol. The molecule has 0 aromatic carbocycles. The van der Waals surface area contributed by atoms with Gasteiger partial charge in [0.2, 0.25) is 5.91 Å². The molecule has 4 aliphatic rings. The molecule has 204 valence electrons. The molecule has 0 aromatic heterocycles. The first-order valence-electron chi connectivity index (χ1n) is 13.7. The van der Waals surface area contributed by atoms with Crippen LogP contribution in [-0.4, -0.2) is 71.5 Å². The van der Waals surface area contributed by atoms with Crippen LogP contribution in [0.1, 0.15) is 58.8 Å². The quantitative estimate of drug-likeness (QED) is 0.393. The summed E-state index contributed by atoms with van der Waals surface area (Å²) in [5.41, 5.74) is 2.26. The minimum Gasteiger partial charge on any atom is -0.390 e. The summed E-state index contributed by atoms with van der Waals surface area (Å²) >= 11 is 0. The Balaban J connectivity index is 1.44. The first kappa shape index (κ1) is 28.0. The first-order chi connectivity index (χ1) is 17.8. The average molecular weight is 514 g/mol. The van der Waals surface area contributed by atoms with Crippen molar-refractivity contribution < 1.29 is 29.2 Å². The number of nitrogens with one attached hydrogen (secondary N) is 1. The lowest BCUT2D eigenvalue weighted by Gasteiger charge is -2.28. The van der Waals surface area contributed by atoms with E-state index in [-0.39, 0.29) is 36.4 Å². The summed E-state index contributed by atoms with van der Waals surface area (Å²) in [6.07, 6.45) is 15.9. The van der Waals surface area contributed by atoms with Gasteiger partial charge >= 0.3 is 0 Å². The van der Waals surface area contributed by atoms with Crippen LogP contribution in [0.4, 0.5) is 0 Å². The highest BCUT2D eigenvalue weighted by atomic mass is 16.6. The Hall–Kier alpha value is -2.03. The number of amides is 1. The SMILES string of the molecule is C=C1CC(C)CC2CC=CC(C/C=C\C(=O)NC(C(O)/C=C/C3CC(C)=CCO3)CC3OC3C(O)C1)O2. The molecule has 4 aliphatic heterocycles. The Kier molecular flexibility index (Phi) is 9.96. The lowest BCUT2D eigenvalue weighted by atomic mass is 9.90. The Bertz CT molecular complexity index is 923. The standard InChI is InChI=1S/C30H43NO6/c1-19-12-13-35-23(15-19)10-11-26(32)25-18-28-30(37-28)27(33)17-21(3)14-20(2)16-24-8-4-6-22(36-24)7-5-9-29(34)31-25/h4-6,9-12,20,22-28,30,32-33H,3,7-8,13-18H2,1-2H3,(H,31,34)/b9-5-,11-10+. The summed E-state index contributed by atoms with van der Waals surface area (Å²) < 4.78 is 17.8. The maximum atomic E-state index is 12.8. The van der Waals surface area contributed by atoms with Crippen LogP contribution in [0.3, 0.4) is 0 Å². The van der Waals surface area contributed by atoms with E-state index in [0.717, 1.165) is 31.3 Å². The highest BCUT2D eigenvalue weighted by Gasteiger charge is 2.46. The molecule has 0 radical (unpaired) electrons. The third-order valence-electron chi connectivity index (χ3n) is 7.57. The van der Waals surface area contributed by atoms with E-state index < -0.39 is 18.2 Å². The van der Waals surface area contributed by atoms with E-state index in [4.69, 9.17) is 14.2 Å². The number of aliphatic hydroxyl groups excluding tert-OH is 2. The number of rotatable bonds is 3. The molecule has 0 spiro atoms. The molecule has 7 nitrogen and oxygen atoms in total. The third kappa shape index (κ3) is 8.76. The molecule has 0 aliphatic carbocycles. The van der Waals surface area contributed by atoms with Crippen LogP contribution in [-0.2, 0) is 19.0 Å². The minimum absolute atomic E-state index is 0.0585. The fourth-order valence-corrected chi connectivity index (χ4v) is 5.56. The van der Waals surface area contributed by atoms with E-state index in [2.05, 4.69) is 44.0 Å². The van der Waals surface area contributed by atoms with E-state index in [0.29, 0.717) is 31.8 Å². The fraction of sp³-hybridized carbons (Fsp3) is 0.633. The summed E-state index contributed by atoms with van der Waals surface area (Å²) in [5, 5.41) is 24.7. The molecule has 2 bridgehead atoms. The van der Waals surface area contributed by atoms with Crippen molar-refractivity contribution in [1.29, 1.82) is 0 Å². The molecule has 0 aromatic rings. The van der Waals surface area contributed by atoms with Crippen molar-refractivity contribution in [2.45, 2.75) is 108 Å². The summed E-state index contributed by atoms with van der Waals surface area (Å²) in [6, 6.07) is -0.562. The summed E-state index contributed by atoms with van der Waals surface area (Å²) in [5.74, 6) is 0.119. The van der Waals surface area contributed by atoms with Gasteiger partial charge < -0.3 is 29.7 Å². The molecule has 7 heteroatoms. The van der Waals surface area contributed by atoms with E-state index in [1.165, 1.54) is 11.6 Å². The number of carbonyl (C=O) groups excluding carboxylic acids is 1. The second-order valence-electron chi connectivity index (χ2n) is 11.2. The van der Waals surface area contributed by atoms with Crippen molar-refractivity contribution in [2.75, 3.05) is 6.61 Å². The van der Waals surface area contributed by atoms with Crippen molar-refractivity contribution in [3.05, 3.63) is 60.3 Å². The Morgan fingerprint density at radius 1 is 1.16 bits per heavy atom.